The number of furan rings is 1. The Morgan fingerprint density at radius 3 is 3.00 bits per heavy atom. The standard InChI is InChI=1S/C16H14N6O2S/c1-10-13(5-6-24-10)15-20-21-16(22(15)18)25-9-14(23)19-12-4-2-3-11(7-12)8-17/h2-7H,9,18H2,1H3,(H,19,23). The molecule has 0 aliphatic rings. The number of anilines is 1. The first-order chi connectivity index (χ1) is 12.1. The Kier molecular flexibility index (Phi) is 4.72. The molecule has 0 saturated carbocycles. The summed E-state index contributed by atoms with van der Waals surface area (Å²) in [5.74, 6) is 7.03. The number of amides is 1. The van der Waals surface area contributed by atoms with Crippen molar-refractivity contribution in [2.75, 3.05) is 16.9 Å². The van der Waals surface area contributed by atoms with Gasteiger partial charge in [0.2, 0.25) is 11.1 Å². The van der Waals surface area contributed by atoms with Crippen LogP contribution in [0, 0.1) is 18.3 Å². The van der Waals surface area contributed by atoms with Gasteiger partial charge in [-0.1, -0.05) is 17.8 Å². The van der Waals surface area contributed by atoms with Crippen LogP contribution in [-0.2, 0) is 4.79 Å². The minimum atomic E-state index is -0.232. The van der Waals surface area contributed by atoms with Crippen molar-refractivity contribution in [1.29, 1.82) is 5.26 Å². The van der Waals surface area contributed by atoms with E-state index < -0.39 is 0 Å². The third-order valence-electron chi connectivity index (χ3n) is 3.37. The molecule has 2 heterocycles. The first-order valence-corrected chi connectivity index (χ1v) is 8.25. The number of nitriles is 1. The maximum Gasteiger partial charge on any atom is 0.234 e. The lowest BCUT2D eigenvalue weighted by Gasteiger charge is -2.05. The number of benzene rings is 1. The molecular formula is C16H14N6O2S. The molecular weight excluding hydrogens is 340 g/mol. The number of aromatic nitrogens is 3. The van der Waals surface area contributed by atoms with Crippen LogP contribution >= 0.6 is 11.8 Å². The highest BCUT2D eigenvalue weighted by Gasteiger charge is 2.16. The molecule has 3 aromatic rings. The van der Waals surface area contributed by atoms with Crippen molar-refractivity contribution in [3.8, 4) is 17.5 Å². The van der Waals surface area contributed by atoms with Gasteiger partial charge in [0.25, 0.3) is 0 Å². The Morgan fingerprint density at radius 1 is 1.44 bits per heavy atom. The van der Waals surface area contributed by atoms with E-state index in [9.17, 15) is 4.79 Å². The number of carbonyl (C=O) groups is 1. The van der Waals surface area contributed by atoms with E-state index >= 15 is 0 Å². The van der Waals surface area contributed by atoms with Crippen molar-refractivity contribution in [3.05, 3.63) is 47.9 Å². The van der Waals surface area contributed by atoms with Crippen LogP contribution in [0.2, 0.25) is 0 Å². The number of aryl methyl sites for hydroxylation is 1. The zero-order valence-electron chi connectivity index (χ0n) is 13.3. The molecule has 9 heteroatoms. The van der Waals surface area contributed by atoms with Crippen LogP contribution in [0.3, 0.4) is 0 Å². The van der Waals surface area contributed by atoms with Crippen LogP contribution in [0.15, 0.2) is 46.2 Å². The van der Waals surface area contributed by atoms with Crippen molar-refractivity contribution >= 4 is 23.4 Å². The van der Waals surface area contributed by atoms with E-state index in [1.807, 2.05) is 6.07 Å². The summed E-state index contributed by atoms with van der Waals surface area (Å²) in [5.41, 5.74) is 1.79. The van der Waals surface area contributed by atoms with Crippen molar-refractivity contribution in [2.45, 2.75) is 12.1 Å². The van der Waals surface area contributed by atoms with Gasteiger partial charge in [-0.25, -0.2) is 4.68 Å². The number of carbonyl (C=O) groups excluding carboxylic acids is 1. The molecule has 0 aliphatic carbocycles. The largest absolute Gasteiger partial charge is 0.469 e. The van der Waals surface area contributed by atoms with Gasteiger partial charge in [-0.3, -0.25) is 4.79 Å². The highest BCUT2D eigenvalue weighted by molar-refractivity contribution is 7.99. The molecule has 2 aromatic heterocycles. The van der Waals surface area contributed by atoms with E-state index in [1.54, 1.807) is 43.5 Å². The molecule has 0 radical (unpaired) electrons. The van der Waals surface area contributed by atoms with Gasteiger partial charge in [-0.05, 0) is 31.2 Å². The first kappa shape index (κ1) is 16.6. The number of nitrogens with one attached hydrogen (secondary N) is 1. The number of nitrogen functional groups attached to an aromatic ring is 1. The van der Waals surface area contributed by atoms with Crippen molar-refractivity contribution < 1.29 is 9.21 Å². The van der Waals surface area contributed by atoms with E-state index in [0.29, 0.717) is 28.0 Å². The van der Waals surface area contributed by atoms with Crippen LogP contribution in [-0.4, -0.2) is 26.5 Å². The second-order valence-corrected chi connectivity index (χ2v) is 6.04. The van der Waals surface area contributed by atoms with E-state index in [1.165, 1.54) is 16.4 Å². The quantitative estimate of drug-likeness (QED) is 0.531. The van der Waals surface area contributed by atoms with Crippen LogP contribution in [0.25, 0.3) is 11.4 Å². The molecule has 0 unspecified atom stereocenters. The molecule has 3 N–H and O–H groups in total. The zero-order valence-corrected chi connectivity index (χ0v) is 14.1. The molecule has 0 fully saturated rings. The van der Waals surface area contributed by atoms with Crippen molar-refractivity contribution in [3.63, 3.8) is 0 Å². The highest BCUT2D eigenvalue weighted by atomic mass is 32.2. The van der Waals surface area contributed by atoms with E-state index in [-0.39, 0.29) is 11.7 Å². The minimum absolute atomic E-state index is 0.108. The molecule has 0 bridgehead atoms. The van der Waals surface area contributed by atoms with E-state index in [4.69, 9.17) is 15.5 Å². The highest BCUT2D eigenvalue weighted by Crippen LogP contribution is 2.25. The molecule has 8 nitrogen and oxygen atoms in total. The fourth-order valence-corrected chi connectivity index (χ4v) is 2.83. The predicted octanol–water partition coefficient (Wildman–Crippen LogP) is 2.16. The lowest BCUT2D eigenvalue weighted by molar-refractivity contribution is -0.113. The normalized spacial score (nSPS) is 10.4. The summed E-state index contributed by atoms with van der Waals surface area (Å²) in [5, 5.41) is 20.1. The number of nitrogens with two attached hydrogens (primary N) is 1. The van der Waals surface area contributed by atoms with Gasteiger partial charge in [0.1, 0.15) is 5.76 Å². The second kappa shape index (κ2) is 7.11. The minimum Gasteiger partial charge on any atom is -0.469 e. The number of rotatable bonds is 5. The average Bonchev–Trinajstić information content (AvgIpc) is 3.18. The third-order valence-corrected chi connectivity index (χ3v) is 4.32. The lowest BCUT2D eigenvalue weighted by Crippen LogP contribution is -2.16. The van der Waals surface area contributed by atoms with E-state index in [2.05, 4.69) is 15.5 Å². The van der Waals surface area contributed by atoms with Gasteiger partial charge in [0.05, 0.1) is 29.2 Å². The summed E-state index contributed by atoms with van der Waals surface area (Å²) < 4.78 is 6.56. The molecule has 0 aliphatic heterocycles. The van der Waals surface area contributed by atoms with Gasteiger partial charge < -0.3 is 15.6 Å². The molecule has 1 amide bonds. The molecule has 3 rings (SSSR count). The Labute approximate surface area is 147 Å². The fraction of sp³-hybridized carbons (Fsp3) is 0.125. The fourth-order valence-electron chi connectivity index (χ4n) is 2.17. The maximum atomic E-state index is 12.1. The second-order valence-electron chi connectivity index (χ2n) is 5.10. The van der Waals surface area contributed by atoms with Crippen LogP contribution in [0.1, 0.15) is 11.3 Å². The molecule has 0 saturated heterocycles. The molecule has 0 spiro atoms. The Balaban J connectivity index is 1.64. The predicted molar refractivity (Wildman–Crippen MR) is 93.1 cm³/mol. The first-order valence-electron chi connectivity index (χ1n) is 7.26. The summed E-state index contributed by atoms with van der Waals surface area (Å²) in [6.45, 7) is 1.81. The third kappa shape index (κ3) is 3.64. The van der Waals surface area contributed by atoms with Gasteiger partial charge >= 0.3 is 0 Å². The topological polar surface area (TPSA) is 123 Å². The molecule has 25 heavy (non-hydrogen) atoms. The number of thioether (sulfide) groups is 1. The monoisotopic (exact) mass is 354 g/mol. The summed E-state index contributed by atoms with van der Waals surface area (Å²) in [4.78, 5) is 12.1. The number of hydrogen-bond acceptors (Lipinski definition) is 7. The SMILES string of the molecule is Cc1occc1-c1nnc(SCC(=O)Nc2cccc(C#N)c2)n1N. The van der Waals surface area contributed by atoms with Crippen molar-refractivity contribution in [1.82, 2.24) is 14.9 Å². The Hall–Kier alpha value is -3.25. The zero-order chi connectivity index (χ0) is 17.8. The van der Waals surface area contributed by atoms with Gasteiger partial charge in [0.15, 0.2) is 5.82 Å². The van der Waals surface area contributed by atoms with Crippen molar-refractivity contribution in [2.24, 2.45) is 0 Å². The van der Waals surface area contributed by atoms with Gasteiger partial charge in [-0.2, -0.15) is 5.26 Å². The number of hydrogen-bond donors (Lipinski definition) is 2. The van der Waals surface area contributed by atoms with Crippen LogP contribution < -0.4 is 11.2 Å². The summed E-state index contributed by atoms with van der Waals surface area (Å²) in [7, 11) is 0. The lowest BCUT2D eigenvalue weighted by atomic mass is 10.2. The Bertz CT molecular complexity index is 956. The number of nitrogens with zero attached hydrogens (tertiary/aromatic N) is 4. The summed E-state index contributed by atoms with van der Waals surface area (Å²) >= 11 is 1.17. The maximum absolute atomic E-state index is 12.1. The van der Waals surface area contributed by atoms with Crippen LogP contribution in [0.4, 0.5) is 5.69 Å². The van der Waals surface area contributed by atoms with E-state index in [0.717, 1.165) is 5.56 Å². The van der Waals surface area contributed by atoms with Gasteiger partial charge in [0, 0.05) is 5.69 Å². The summed E-state index contributed by atoms with van der Waals surface area (Å²) in [6, 6.07) is 10.5. The van der Waals surface area contributed by atoms with Gasteiger partial charge in [-0.15, -0.1) is 10.2 Å². The smallest absolute Gasteiger partial charge is 0.234 e. The average molecular weight is 354 g/mol. The molecule has 1 aromatic carbocycles. The summed E-state index contributed by atoms with van der Waals surface area (Å²) in [6.07, 6.45) is 1.55. The molecule has 0 atom stereocenters. The molecule has 126 valence electrons. The Morgan fingerprint density at radius 2 is 2.28 bits per heavy atom. The van der Waals surface area contributed by atoms with Crippen LogP contribution in [0.5, 0.6) is 0 Å².